The molecule has 0 saturated heterocycles. The Morgan fingerprint density at radius 2 is 1.86 bits per heavy atom. The van der Waals surface area contributed by atoms with Crippen LogP contribution in [0.3, 0.4) is 0 Å². The summed E-state index contributed by atoms with van der Waals surface area (Å²) in [5, 5.41) is 13.4. The number of halogens is 2. The average Bonchev–Trinajstić information content (AvgIpc) is 2.46. The number of nitro benzene ring substituents is 1. The zero-order chi connectivity index (χ0) is 15.0. The average molecular weight is 289 g/mol. The maximum absolute atomic E-state index is 14.0. The molecule has 106 valence electrons. The van der Waals surface area contributed by atoms with Crippen molar-refractivity contribution in [2.45, 2.75) is 6.54 Å². The van der Waals surface area contributed by atoms with Crippen LogP contribution in [0.1, 0.15) is 11.1 Å². The van der Waals surface area contributed by atoms with Gasteiger partial charge in [-0.15, -0.1) is 0 Å². The minimum atomic E-state index is -1.02. The molecule has 0 atom stereocenters. The van der Waals surface area contributed by atoms with Gasteiger partial charge in [0.2, 0.25) is 0 Å². The van der Waals surface area contributed by atoms with Gasteiger partial charge in [-0.3, -0.25) is 10.1 Å². The molecule has 0 unspecified atom stereocenters. The van der Waals surface area contributed by atoms with Crippen LogP contribution >= 0.6 is 0 Å². The summed E-state index contributed by atoms with van der Waals surface area (Å²) in [6.45, 7) is 0.380. The van der Waals surface area contributed by atoms with E-state index in [2.05, 4.69) is 10.3 Å². The third-order valence-electron chi connectivity index (χ3n) is 3.14. The van der Waals surface area contributed by atoms with Gasteiger partial charge in [0.25, 0.3) is 5.69 Å². The summed E-state index contributed by atoms with van der Waals surface area (Å²) in [5.41, 5.74) is 0.494. The topological polar surface area (TPSA) is 67.5 Å². The Labute approximate surface area is 118 Å². The van der Waals surface area contributed by atoms with E-state index in [1.54, 1.807) is 12.1 Å². The molecule has 0 amide bonds. The molecule has 0 aliphatic carbocycles. The highest BCUT2D eigenvalue weighted by Gasteiger charge is 2.23. The van der Waals surface area contributed by atoms with Crippen molar-refractivity contribution >= 4 is 17.2 Å². The zero-order valence-corrected chi connectivity index (χ0v) is 10.6. The Kier molecular flexibility index (Phi) is 3.09. The van der Waals surface area contributed by atoms with Gasteiger partial charge in [0.05, 0.1) is 28.3 Å². The Morgan fingerprint density at radius 3 is 2.52 bits per heavy atom. The van der Waals surface area contributed by atoms with Crippen molar-refractivity contribution in [2.24, 2.45) is 4.99 Å². The number of fused-ring (bicyclic) bond motifs is 1. The van der Waals surface area contributed by atoms with Crippen LogP contribution in [0.5, 0.6) is 0 Å². The van der Waals surface area contributed by atoms with Crippen molar-refractivity contribution in [3.8, 4) is 0 Å². The second-order valence-electron chi connectivity index (χ2n) is 4.48. The van der Waals surface area contributed by atoms with Crippen molar-refractivity contribution < 1.29 is 13.7 Å². The quantitative estimate of drug-likeness (QED) is 0.682. The van der Waals surface area contributed by atoms with Crippen molar-refractivity contribution in [2.75, 3.05) is 0 Å². The molecule has 0 radical (unpaired) electrons. The number of hydrogen-bond donors (Lipinski definition) is 1. The third-order valence-corrected chi connectivity index (χ3v) is 3.14. The molecule has 2 aromatic rings. The monoisotopic (exact) mass is 289 g/mol. The lowest BCUT2D eigenvalue weighted by molar-refractivity contribution is -0.385. The maximum atomic E-state index is 14.0. The SMILES string of the molecule is O=[N+]([O-])c1cc(F)c(C2=Nc3ccccc3CN2)c(F)c1. The minimum Gasteiger partial charge on any atom is -0.365 e. The molecule has 21 heavy (non-hydrogen) atoms. The minimum absolute atomic E-state index is 0.0265. The largest absolute Gasteiger partial charge is 0.365 e. The molecule has 3 rings (SSSR count). The number of amidine groups is 1. The molecule has 1 aliphatic rings. The van der Waals surface area contributed by atoms with Gasteiger partial charge in [0.15, 0.2) is 0 Å². The summed E-state index contributed by atoms with van der Waals surface area (Å²) >= 11 is 0. The van der Waals surface area contributed by atoms with E-state index in [0.717, 1.165) is 5.56 Å². The first-order valence-corrected chi connectivity index (χ1v) is 6.10. The summed E-state index contributed by atoms with van der Waals surface area (Å²) < 4.78 is 27.9. The van der Waals surface area contributed by atoms with E-state index in [1.165, 1.54) is 0 Å². The molecule has 1 heterocycles. The van der Waals surface area contributed by atoms with Crippen molar-refractivity contribution in [1.29, 1.82) is 0 Å². The molecule has 2 aromatic carbocycles. The van der Waals surface area contributed by atoms with Crippen molar-refractivity contribution in [1.82, 2.24) is 5.32 Å². The molecule has 0 aromatic heterocycles. The van der Waals surface area contributed by atoms with Gasteiger partial charge >= 0.3 is 0 Å². The van der Waals surface area contributed by atoms with Crippen LogP contribution in [0, 0.1) is 21.7 Å². The van der Waals surface area contributed by atoms with Gasteiger partial charge in [-0.05, 0) is 11.6 Å². The van der Waals surface area contributed by atoms with Crippen molar-refractivity contribution in [3.63, 3.8) is 0 Å². The Bertz CT molecular complexity index is 752. The molecule has 1 N–H and O–H groups in total. The second-order valence-corrected chi connectivity index (χ2v) is 4.48. The van der Waals surface area contributed by atoms with Gasteiger partial charge < -0.3 is 5.32 Å². The summed E-state index contributed by atoms with van der Waals surface area (Å²) in [5.74, 6) is -2.02. The van der Waals surface area contributed by atoms with Crippen LogP contribution in [-0.2, 0) is 6.54 Å². The lowest BCUT2D eigenvalue weighted by atomic mass is 10.1. The highest BCUT2D eigenvalue weighted by Crippen LogP contribution is 2.26. The van der Waals surface area contributed by atoms with Gasteiger partial charge in [0.1, 0.15) is 17.5 Å². The fourth-order valence-corrected chi connectivity index (χ4v) is 2.14. The van der Waals surface area contributed by atoms with Crippen LogP contribution in [0.2, 0.25) is 0 Å². The number of nitrogens with one attached hydrogen (secondary N) is 1. The number of rotatable bonds is 2. The van der Waals surface area contributed by atoms with E-state index < -0.39 is 27.8 Å². The standard InChI is InChI=1S/C14H9F2N3O2/c15-10-5-9(19(20)21)6-11(16)13(10)14-17-7-8-3-1-2-4-12(8)18-14/h1-6H,7H2,(H,17,18). The number of nitrogens with zero attached hydrogens (tertiary/aromatic N) is 2. The third kappa shape index (κ3) is 2.33. The van der Waals surface area contributed by atoms with Gasteiger partial charge in [0, 0.05) is 6.54 Å². The number of non-ortho nitro benzene ring substituents is 1. The van der Waals surface area contributed by atoms with Crippen LogP contribution in [0.15, 0.2) is 41.4 Å². The highest BCUT2D eigenvalue weighted by atomic mass is 19.1. The predicted octanol–water partition coefficient (Wildman–Crippen LogP) is 3.05. The maximum Gasteiger partial charge on any atom is 0.275 e. The number of para-hydroxylation sites is 1. The molecule has 0 bridgehead atoms. The van der Waals surface area contributed by atoms with Crippen LogP contribution in [0.4, 0.5) is 20.2 Å². The summed E-state index contributed by atoms with van der Waals surface area (Å²) in [6, 6.07) is 8.57. The predicted molar refractivity (Wildman–Crippen MR) is 72.5 cm³/mol. The van der Waals surface area contributed by atoms with E-state index in [4.69, 9.17) is 0 Å². The van der Waals surface area contributed by atoms with Crippen LogP contribution in [0.25, 0.3) is 0 Å². The van der Waals surface area contributed by atoms with E-state index in [-0.39, 0.29) is 5.84 Å². The Morgan fingerprint density at radius 1 is 1.19 bits per heavy atom. The zero-order valence-electron chi connectivity index (χ0n) is 10.6. The first-order valence-electron chi connectivity index (χ1n) is 6.10. The second kappa shape index (κ2) is 4.93. The lowest BCUT2D eigenvalue weighted by Gasteiger charge is -2.18. The van der Waals surface area contributed by atoms with E-state index >= 15 is 0 Å². The van der Waals surface area contributed by atoms with Gasteiger partial charge in [-0.25, -0.2) is 13.8 Å². The van der Waals surface area contributed by atoms with E-state index in [0.29, 0.717) is 24.4 Å². The summed E-state index contributed by atoms with van der Waals surface area (Å²) in [7, 11) is 0. The molecular weight excluding hydrogens is 280 g/mol. The molecule has 1 aliphatic heterocycles. The van der Waals surface area contributed by atoms with Crippen molar-refractivity contribution in [3.05, 3.63) is 69.3 Å². The molecule has 0 spiro atoms. The molecule has 0 fully saturated rings. The number of nitro groups is 1. The fourth-order valence-electron chi connectivity index (χ4n) is 2.14. The van der Waals surface area contributed by atoms with Crippen LogP contribution < -0.4 is 5.32 Å². The first kappa shape index (κ1) is 13.2. The smallest absolute Gasteiger partial charge is 0.275 e. The first-order chi connectivity index (χ1) is 10.1. The normalized spacial score (nSPS) is 13.1. The van der Waals surface area contributed by atoms with Gasteiger partial charge in [-0.2, -0.15) is 0 Å². The van der Waals surface area contributed by atoms with E-state index in [1.807, 2.05) is 12.1 Å². The van der Waals surface area contributed by atoms with Crippen LogP contribution in [-0.4, -0.2) is 10.8 Å². The summed E-state index contributed by atoms with van der Waals surface area (Å²) in [6.07, 6.45) is 0. The fraction of sp³-hybridized carbons (Fsp3) is 0.0714. The summed E-state index contributed by atoms with van der Waals surface area (Å²) in [4.78, 5) is 13.9. The van der Waals surface area contributed by atoms with E-state index in [9.17, 15) is 18.9 Å². The lowest BCUT2D eigenvalue weighted by Crippen LogP contribution is -2.28. The van der Waals surface area contributed by atoms with Gasteiger partial charge in [-0.1, -0.05) is 18.2 Å². The molecule has 5 nitrogen and oxygen atoms in total. The number of benzene rings is 2. The number of hydrogen-bond acceptors (Lipinski definition) is 4. The molecule has 0 saturated carbocycles. The Hall–Kier alpha value is -2.83. The Balaban J connectivity index is 2.10. The molecule has 7 heteroatoms. The number of aliphatic imine (C=N–C) groups is 1. The molecular formula is C14H9F2N3O2. The highest BCUT2D eigenvalue weighted by molar-refractivity contribution is 6.02.